The molecule has 0 saturated heterocycles. The minimum absolute atomic E-state index is 0.208. The van der Waals surface area contributed by atoms with Gasteiger partial charge in [-0.2, -0.15) is 0 Å². The molecule has 2 N–H and O–H groups in total. The Morgan fingerprint density at radius 1 is 1.37 bits per heavy atom. The van der Waals surface area contributed by atoms with Gasteiger partial charge in [-0.1, -0.05) is 12.1 Å². The second-order valence-electron chi connectivity index (χ2n) is 4.53. The summed E-state index contributed by atoms with van der Waals surface area (Å²) in [6.45, 7) is 4.10. The van der Waals surface area contributed by atoms with Crippen LogP contribution in [0.2, 0.25) is 0 Å². The van der Waals surface area contributed by atoms with Crippen LogP contribution in [-0.4, -0.2) is 4.98 Å². The van der Waals surface area contributed by atoms with Gasteiger partial charge >= 0.3 is 0 Å². The molecular weight excluding hydrogens is 243 g/mol. The van der Waals surface area contributed by atoms with Crippen molar-refractivity contribution in [1.29, 1.82) is 0 Å². The van der Waals surface area contributed by atoms with Gasteiger partial charge in [-0.3, -0.25) is 4.98 Å². The van der Waals surface area contributed by atoms with Crippen LogP contribution in [0.5, 0.6) is 5.75 Å². The summed E-state index contributed by atoms with van der Waals surface area (Å²) < 4.78 is 18.9. The van der Waals surface area contributed by atoms with E-state index in [9.17, 15) is 4.39 Å². The quantitative estimate of drug-likeness (QED) is 0.918. The first-order valence-electron chi connectivity index (χ1n) is 6.16. The van der Waals surface area contributed by atoms with Crippen molar-refractivity contribution < 1.29 is 9.13 Å². The molecule has 0 radical (unpaired) electrons. The zero-order valence-electron chi connectivity index (χ0n) is 11.1. The summed E-state index contributed by atoms with van der Waals surface area (Å²) in [5.41, 5.74) is 8.51. The van der Waals surface area contributed by atoms with E-state index in [1.165, 1.54) is 12.1 Å². The normalized spacial score (nSPS) is 12.2. The zero-order chi connectivity index (χ0) is 13.8. The van der Waals surface area contributed by atoms with Crippen molar-refractivity contribution >= 4 is 0 Å². The first-order valence-corrected chi connectivity index (χ1v) is 6.16. The highest BCUT2D eigenvalue weighted by atomic mass is 19.1. The number of hydrogen-bond donors (Lipinski definition) is 1. The number of benzene rings is 1. The van der Waals surface area contributed by atoms with Crippen molar-refractivity contribution in [2.45, 2.75) is 26.5 Å². The van der Waals surface area contributed by atoms with Crippen LogP contribution in [0.1, 0.15) is 29.8 Å². The molecule has 1 atom stereocenters. The van der Waals surface area contributed by atoms with Crippen molar-refractivity contribution in [3.63, 3.8) is 0 Å². The van der Waals surface area contributed by atoms with Gasteiger partial charge in [-0.05, 0) is 31.5 Å². The first-order chi connectivity index (χ1) is 9.08. The Kier molecular flexibility index (Phi) is 4.12. The first kappa shape index (κ1) is 13.5. The average molecular weight is 260 g/mol. The largest absolute Gasteiger partial charge is 0.487 e. The molecule has 3 nitrogen and oxygen atoms in total. The fourth-order valence-electron chi connectivity index (χ4n) is 1.82. The highest BCUT2D eigenvalue weighted by Crippen LogP contribution is 2.25. The Labute approximate surface area is 112 Å². The summed E-state index contributed by atoms with van der Waals surface area (Å²) in [7, 11) is 0. The fraction of sp³-hybridized carbons (Fsp3) is 0.267. The zero-order valence-corrected chi connectivity index (χ0v) is 11.1. The minimum Gasteiger partial charge on any atom is -0.487 e. The van der Waals surface area contributed by atoms with E-state index in [-0.39, 0.29) is 11.9 Å². The average Bonchev–Trinajstić information content (AvgIpc) is 2.37. The monoisotopic (exact) mass is 260 g/mol. The van der Waals surface area contributed by atoms with Crippen molar-refractivity contribution in [3.05, 3.63) is 59.2 Å². The minimum atomic E-state index is -0.336. The Morgan fingerprint density at radius 3 is 2.84 bits per heavy atom. The van der Waals surface area contributed by atoms with E-state index < -0.39 is 0 Å². The summed E-state index contributed by atoms with van der Waals surface area (Å²) >= 11 is 0. The van der Waals surface area contributed by atoms with Gasteiger partial charge in [-0.25, -0.2) is 4.39 Å². The summed E-state index contributed by atoms with van der Waals surface area (Å²) in [6.07, 6.45) is 1.71. The number of halogens is 1. The lowest BCUT2D eigenvalue weighted by Crippen LogP contribution is -2.09. The fourth-order valence-corrected chi connectivity index (χ4v) is 1.82. The maximum absolute atomic E-state index is 13.3. The molecule has 4 heteroatoms. The molecule has 0 aliphatic carbocycles. The maximum Gasteiger partial charge on any atom is 0.130 e. The Morgan fingerprint density at radius 2 is 2.16 bits per heavy atom. The molecule has 2 aromatic rings. The third-order valence-electron chi connectivity index (χ3n) is 2.95. The summed E-state index contributed by atoms with van der Waals surface area (Å²) in [6, 6.07) is 8.02. The molecule has 0 aliphatic heterocycles. The van der Waals surface area contributed by atoms with Crippen LogP contribution in [0.4, 0.5) is 4.39 Å². The summed E-state index contributed by atoms with van der Waals surface area (Å²) in [5.74, 6) is 0.136. The molecule has 0 amide bonds. The molecule has 0 fully saturated rings. The number of ether oxygens (including phenoxy) is 1. The second-order valence-corrected chi connectivity index (χ2v) is 4.53. The van der Waals surface area contributed by atoms with Crippen molar-refractivity contribution in [1.82, 2.24) is 4.98 Å². The molecule has 0 saturated carbocycles. The number of pyridine rings is 1. The Balaban J connectivity index is 2.19. The van der Waals surface area contributed by atoms with Gasteiger partial charge in [0.2, 0.25) is 0 Å². The van der Waals surface area contributed by atoms with Crippen molar-refractivity contribution in [3.8, 4) is 5.75 Å². The highest BCUT2D eigenvalue weighted by Gasteiger charge is 2.10. The second kappa shape index (κ2) is 5.80. The molecule has 19 heavy (non-hydrogen) atoms. The van der Waals surface area contributed by atoms with Crippen LogP contribution >= 0.6 is 0 Å². The number of rotatable bonds is 4. The SMILES string of the molecule is Cc1cccnc1COc1cc(F)ccc1[C@H](C)N. The van der Waals surface area contributed by atoms with Crippen molar-refractivity contribution in [2.24, 2.45) is 5.73 Å². The van der Waals surface area contributed by atoms with E-state index in [1.807, 2.05) is 26.0 Å². The third kappa shape index (κ3) is 3.29. The Bertz CT molecular complexity index is 570. The summed E-state index contributed by atoms with van der Waals surface area (Å²) in [5, 5.41) is 0. The van der Waals surface area contributed by atoms with E-state index in [2.05, 4.69) is 4.98 Å². The van der Waals surface area contributed by atoms with Gasteiger partial charge in [-0.15, -0.1) is 0 Å². The number of aromatic nitrogens is 1. The number of hydrogen-bond acceptors (Lipinski definition) is 3. The van der Waals surface area contributed by atoms with E-state index in [0.29, 0.717) is 12.4 Å². The van der Waals surface area contributed by atoms with E-state index in [0.717, 1.165) is 16.8 Å². The van der Waals surface area contributed by atoms with Gasteiger partial charge in [0.25, 0.3) is 0 Å². The van der Waals surface area contributed by atoms with Gasteiger partial charge in [0, 0.05) is 23.9 Å². The molecule has 2 rings (SSSR count). The van der Waals surface area contributed by atoms with Crippen LogP contribution < -0.4 is 10.5 Å². The van der Waals surface area contributed by atoms with Crippen LogP contribution in [-0.2, 0) is 6.61 Å². The summed E-state index contributed by atoms with van der Waals surface area (Å²) in [4.78, 5) is 4.24. The van der Waals surface area contributed by atoms with Gasteiger partial charge in [0.05, 0.1) is 5.69 Å². The van der Waals surface area contributed by atoms with E-state index in [4.69, 9.17) is 10.5 Å². The smallest absolute Gasteiger partial charge is 0.130 e. The van der Waals surface area contributed by atoms with Crippen molar-refractivity contribution in [2.75, 3.05) is 0 Å². The molecule has 0 bridgehead atoms. The molecule has 100 valence electrons. The van der Waals surface area contributed by atoms with E-state index >= 15 is 0 Å². The van der Waals surface area contributed by atoms with E-state index in [1.54, 1.807) is 12.3 Å². The lowest BCUT2D eigenvalue weighted by molar-refractivity contribution is 0.294. The molecule has 0 aliphatic rings. The van der Waals surface area contributed by atoms with Crippen LogP contribution in [0.25, 0.3) is 0 Å². The topological polar surface area (TPSA) is 48.1 Å². The number of nitrogens with zero attached hydrogens (tertiary/aromatic N) is 1. The maximum atomic E-state index is 13.3. The lowest BCUT2D eigenvalue weighted by Gasteiger charge is -2.14. The van der Waals surface area contributed by atoms with Gasteiger partial charge in [0.15, 0.2) is 0 Å². The van der Waals surface area contributed by atoms with Crippen LogP contribution in [0.15, 0.2) is 36.5 Å². The van der Waals surface area contributed by atoms with Crippen LogP contribution in [0.3, 0.4) is 0 Å². The lowest BCUT2D eigenvalue weighted by atomic mass is 10.1. The van der Waals surface area contributed by atoms with Gasteiger partial charge < -0.3 is 10.5 Å². The predicted molar refractivity (Wildman–Crippen MR) is 72.3 cm³/mol. The number of aryl methyl sites for hydroxylation is 1. The molecule has 1 aromatic heterocycles. The highest BCUT2D eigenvalue weighted by molar-refractivity contribution is 5.36. The van der Waals surface area contributed by atoms with Gasteiger partial charge in [0.1, 0.15) is 18.2 Å². The molecule has 1 aromatic carbocycles. The molecular formula is C15H17FN2O. The number of nitrogens with two attached hydrogens (primary N) is 1. The Hall–Kier alpha value is -1.94. The third-order valence-corrected chi connectivity index (χ3v) is 2.95. The van der Waals surface area contributed by atoms with Crippen LogP contribution in [0, 0.1) is 12.7 Å². The molecule has 0 unspecified atom stereocenters. The molecule has 0 spiro atoms. The predicted octanol–water partition coefficient (Wildman–Crippen LogP) is 3.13. The molecule has 1 heterocycles. The standard InChI is InChI=1S/C15H17FN2O/c1-10-4-3-7-18-14(10)9-19-15-8-12(16)5-6-13(15)11(2)17/h3-8,11H,9,17H2,1-2H3/t11-/m0/s1.